The van der Waals surface area contributed by atoms with E-state index in [1.165, 1.54) is 0 Å². The molecule has 23 heavy (non-hydrogen) atoms. The standard InChI is InChI=1S/C12H22O11/c13-1-4-6(15)8(17)9(18)11(22-4)21-3-12(20)10(19)7(16)5(2-14)23-12/h4-11,13-20H,1-3H2/t4-,5+,6-,7+,8+,9-,10-,11+,12+/m0/s1. The molecule has 0 amide bonds. The molecular weight excluding hydrogens is 320 g/mol. The largest absolute Gasteiger partial charge is 0.394 e. The fourth-order valence-corrected chi connectivity index (χ4v) is 2.54. The quantitative estimate of drug-likeness (QED) is 0.238. The first-order valence-electron chi connectivity index (χ1n) is 7.04. The van der Waals surface area contributed by atoms with Gasteiger partial charge < -0.3 is 55.1 Å². The lowest BCUT2D eigenvalue weighted by Crippen LogP contribution is -2.60. The predicted molar refractivity (Wildman–Crippen MR) is 68.6 cm³/mol. The van der Waals surface area contributed by atoms with Crippen molar-refractivity contribution in [2.75, 3.05) is 19.8 Å². The van der Waals surface area contributed by atoms with Crippen molar-refractivity contribution in [3.63, 3.8) is 0 Å². The van der Waals surface area contributed by atoms with Crippen LogP contribution in [0.3, 0.4) is 0 Å². The van der Waals surface area contributed by atoms with Crippen LogP contribution < -0.4 is 0 Å². The Morgan fingerprint density at radius 1 is 0.826 bits per heavy atom. The van der Waals surface area contributed by atoms with Crippen molar-refractivity contribution >= 4 is 0 Å². The van der Waals surface area contributed by atoms with Gasteiger partial charge in [-0.05, 0) is 0 Å². The Hall–Kier alpha value is -0.440. The maximum Gasteiger partial charge on any atom is 0.219 e. The van der Waals surface area contributed by atoms with E-state index in [1.54, 1.807) is 0 Å². The van der Waals surface area contributed by atoms with E-state index >= 15 is 0 Å². The molecule has 0 aromatic rings. The molecule has 0 aromatic heterocycles. The number of hydrogen-bond acceptors (Lipinski definition) is 11. The molecule has 2 heterocycles. The summed E-state index contributed by atoms with van der Waals surface area (Å²) in [6.07, 6.45) is -12.2. The van der Waals surface area contributed by atoms with Crippen molar-refractivity contribution in [3.8, 4) is 0 Å². The van der Waals surface area contributed by atoms with E-state index in [1.807, 2.05) is 0 Å². The summed E-state index contributed by atoms with van der Waals surface area (Å²) in [6, 6.07) is 0. The summed E-state index contributed by atoms with van der Waals surface area (Å²) in [6.45, 7) is -2.08. The van der Waals surface area contributed by atoms with Gasteiger partial charge in [0.05, 0.1) is 13.2 Å². The van der Waals surface area contributed by atoms with Crippen molar-refractivity contribution in [2.45, 2.75) is 54.8 Å². The van der Waals surface area contributed by atoms with Crippen molar-refractivity contribution in [3.05, 3.63) is 0 Å². The highest BCUT2D eigenvalue weighted by atomic mass is 16.7. The Morgan fingerprint density at radius 2 is 1.43 bits per heavy atom. The number of aliphatic hydroxyl groups excluding tert-OH is 7. The average molecular weight is 342 g/mol. The van der Waals surface area contributed by atoms with E-state index in [4.69, 9.17) is 24.4 Å². The van der Waals surface area contributed by atoms with Gasteiger partial charge in [-0.2, -0.15) is 0 Å². The Labute approximate surface area is 130 Å². The van der Waals surface area contributed by atoms with Crippen LogP contribution in [0.15, 0.2) is 0 Å². The molecule has 2 aliphatic heterocycles. The molecule has 9 atom stereocenters. The molecule has 136 valence electrons. The summed E-state index contributed by atoms with van der Waals surface area (Å²) in [5.41, 5.74) is 0. The second-order valence-electron chi connectivity index (χ2n) is 5.63. The first-order chi connectivity index (χ1) is 10.7. The minimum absolute atomic E-state index is 0.652. The highest BCUT2D eigenvalue weighted by molar-refractivity contribution is 4.96. The first-order valence-corrected chi connectivity index (χ1v) is 7.04. The van der Waals surface area contributed by atoms with Gasteiger partial charge in [-0.1, -0.05) is 0 Å². The topological polar surface area (TPSA) is 190 Å². The molecule has 11 nitrogen and oxygen atoms in total. The lowest BCUT2D eigenvalue weighted by Gasteiger charge is -2.40. The zero-order valence-corrected chi connectivity index (χ0v) is 12.0. The zero-order chi connectivity index (χ0) is 17.4. The third-order valence-electron chi connectivity index (χ3n) is 4.00. The molecule has 0 saturated carbocycles. The summed E-state index contributed by atoms with van der Waals surface area (Å²) in [5.74, 6) is -2.37. The van der Waals surface area contributed by atoms with Crippen LogP contribution in [0.25, 0.3) is 0 Å². The summed E-state index contributed by atoms with van der Waals surface area (Å²) >= 11 is 0. The molecular formula is C12H22O11. The minimum Gasteiger partial charge on any atom is -0.394 e. The summed E-state index contributed by atoms with van der Waals surface area (Å²) < 4.78 is 15.1. The molecule has 2 saturated heterocycles. The number of hydrogen-bond donors (Lipinski definition) is 8. The molecule has 2 rings (SSSR count). The summed E-state index contributed by atoms with van der Waals surface area (Å²) in [5, 5.41) is 76.5. The highest BCUT2D eigenvalue weighted by Crippen LogP contribution is 2.31. The summed E-state index contributed by atoms with van der Waals surface area (Å²) in [4.78, 5) is 0. The van der Waals surface area contributed by atoms with Crippen molar-refractivity contribution in [2.24, 2.45) is 0 Å². The van der Waals surface area contributed by atoms with Gasteiger partial charge in [0.2, 0.25) is 5.79 Å². The molecule has 0 spiro atoms. The minimum atomic E-state index is -2.37. The zero-order valence-electron chi connectivity index (χ0n) is 12.0. The lowest BCUT2D eigenvalue weighted by atomic mass is 9.99. The van der Waals surface area contributed by atoms with E-state index in [0.29, 0.717) is 0 Å². The highest BCUT2D eigenvalue weighted by Gasteiger charge is 2.54. The van der Waals surface area contributed by atoms with Crippen LogP contribution in [0.2, 0.25) is 0 Å². The molecule has 0 aromatic carbocycles. The van der Waals surface area contributed by atoms with Crippen LogP contribution in [-0.4, -0.2) is 115 Å². The smallest absolute Gasteiger partial charge is 0.219 e. The number of aliphatic hydroxyl groups is 8. The number of ether oxygens (including phenoxy) is 3. The number of rotatable bonds is 5. The lowest BCUT2D eigenvalue weighted by molar-refractivity contribution is -0.332. The molecule has 8 N–H and O–H groups in total. The third-order valence-corrected chi connectivity index (χ3v) is 4.00. The van der Waals surface area contributed by atoms with Crippen LogP contribution in [0.4, 0.5) is 0 Å². The van der Waals surface area contributed by atoms with Crippen molar-refractivity contribution in [1.29, 1.82) is 0 Å². The van der Waals surface area contributed by atoms with Crippen LogP contribution in [0, 0.1) is 0 Å². The van der Waals surface area contributed by atoms with Gasteiger partial charge in [0.25, 0.3) is 0 Å². The molecule has 0 aliphatic carbocycles. The Bertz CT molecular complexity index is 393. The Kier molecular flexibility index (Phi) is 5.92. The van der Waals surface area contributed by atoms with Crippen LogP contribution in [-0.2, 0) is 14.2 Å². The van der Waals surface area contributed by atoms with E-state index in [2.05, 4.69) is 0 Å². The molecule has 0 radical (unpaired) electrons. The fourth-order valence-electron chi connectivity index (χ4n) is 2.54. The van der Waals surface area contributed by atoms with Gasteiger partial charge >= 0.3 is 0 Å². The molecule has 11 heteroatoms. The Morgan fingerprint density at radius 3 is 1.96 bits per heavy atom. The average Bonchev–Trinajstić information content (AvgIpc) is 2.76. The maximum absolute atomic E-state index is 10.1. The predicted octanol–water partition coefficient (Wildman–Crippen LogP) is -5.40. The van der Waals surface area contributed by atoms with Gasteiger partial charge in [-0.3, -0.25) is 0 Å². The van der Waals surface area contributed by atoms with E-state index in [9.17, 15) is 30.6 Å². The van der Waals surface area contributed by atoms with E-state index in [0.717, 1.165) is 0 Å². The monoisotopic (exact) mass is 342 g/mol. The second kappa shape index (κ2) is 7.21. The summed E-state index contributed by atoms with van der Waals surface area (Å²) in [7, 11) is 0. The maximum atomic E-state index is 10.1. The third kappa shape index (κ3) is 3.50. The van der Waals surface area contributed by atoms with Crippen LogP contribution in [0.5, 0.6) is 0 Å². The first kappa shape index (κ1) is 18.9. The van der Waals surface area contributed by atoms with Gasteiger partial charge in [-0.15, -0.1) is 0 Å². The van der Waals surface area contributed by atoms with Crippen LogP contribution in [0.1, 0.15) is 0 Å². The van der Waals surface area contributed by atoms with Crippen molar-refractivity contribution in [1.82, 2.24) is 0 Å². The van der Waals surface area contributed by atoms with Crippen LogP contribution >= 0.6 is 0 Å². The SMILES string of the molecule is OC[C@@H]1O[C@@H](OC[C@@]2(O)O[C@H](CO)[C@@H](O)[C@@H]2O)[C@@H](O)[C@H](O)[C@H]1O. The molecule has 0 unspecified atom stereocenters. The van der Waals surface area contributed by atoms with Gasteiger partial charge in [-0.25, -0.2) is 0 Å². The molecule has 2 fully saturated rings. The Balaban J connectivity index is 1.99. The van der Waals surface area contributed by atoms with Gasteiger partial charge in [0, 0.05) is 0 Å². The molecule has 0 bridgehead atoms. The van der Waals surface area contributed by atoms with Gasteiger partial charge in [0.1, 0.15) is 49.3 Å². The van der Waals surface area contributed by atoms with Gasteiger partial charge in [0.15, 0.2) is 6.29 Å². The normalized spacial score (nSPS) is 51.1. The van der Waals surface area contributed by atoms with E-state index < -0.39 is 74.6 Å². The van der Waals surface area contributed by atoms with E-state index in [-0.39, 0.29) is 0 Å². The fraction of sp³-hybridized carbons (Fsp3) is 1.00. The van der Waals surface area contributed by atoms with Crippen molar-refractivity contribution < 1.29 is 55.1 Å². The second-order valence-corrected chi connectivity index (χ2v) is 5.63. The molecule has 2 aliphatic rings.